The molecule has 1 unspecified atom stereocenters. The molecular formula is C10H8ClFN2O. The number of hydrogen-bond donors (Lipinski definition) is 1. The predicted molar refractivity (Wildman–Crippen MR) is 55.0 cm³/mol. The summed E-state index contributed by atoms with van der Waals surface area (Å²) in [6.07, 6.45) is 6.01. The molecule has 1 rings (SSSR count). The lowest BCUT2D eigenvalue weighted by atomic mass is 10.2. The van der Waals surface area contributed by atoms with Gasteiger partial charge < -0.3 is 5.32 Å². The summed E-state index contributed by atoms with van der Waals surface area (Å²) in [7, 11) is 0. The lowest BCUT2D eigenvalue weighted by molar-refractivity contribution is 0.0947. The van der Waals surface area contributed by atoms with Crippen molar-refractivity contribution in [1.82, 2.24) is 10.3 Å². The van der Waals surface area contributed by atoms with Gasteiger partial charge >= 0.3 is 0 Å². The van der Waals surface area contributed by atoms with Crippen molar-refractivity contribution < 1.29 is 9.18 Å². The second-order valence-corrected chi connectivity index (χ2v) is 3.21. The smallest absolute Gasteiger partial charge is 0.255 e. The Labute approximate surface area is 91.7 Å². The van der Waals surface area contributed by atoms with Crippen LogP contribution < -0.4 is 5.32 Å². The molecule has 0 saturated carbocycles. The first-order valence-corrected chi connectivity index (χ1v) is 4.50. The summed E-state index contributed by atoms with van der Waals surface area (Å²) < 4.78 is 12.8. The van der Waals surface area contributed by atoms with E-state index in [9.17, 15) is 9.18 Å². The van der Waals surface area contributed by atoms with Gasteiger partial charge in [-0.15, -0.1) is 6.42 Å². The van der Waals surface area contributed by atoms with Crippen molar-refractivity contribution in [1.29, 1.82) is 0 Å². The molecule has 0 saturated heterocycles. The van der Waals surface area contributed by atoms with Crippen LogP contribution in [0.25, 0.3) is 0 Å². The van der Waals surface area contributed by atoms with Gasteiger partial charge in [0.25, 0.3) is 5.91 Å². The number of nitrogens with zero attached hydrogens (tertiary/aromatic N) is 1. The van der Waals surface area contributed by atoms with Crippen molar-refractivity contribution in [2.75, 3.05) is 0 Å². The van der Waals surface area contributed by atoms with Gasteiger partial charge in [0.1, 0.15) is 11.0 Å². The zero-order chi connectivity index (χ0) is 11.4. The van der Waals surface area contributed by atoms with Crippen molar-refractivity contribution in [3.8, 4) is 12.3 Å². The summed E-state index contributed by atoms with van der Waals surface area (Å²) in [5, 5.41) is 2.39. The number of hydrogen-bond acceptors (Lipinski definition) is 2. The molecule has 1 aromatic heterocycles. The van der Waals surface area contributed by atoms with E-state index in [1.807, 2.05) is 0 Å². The summed E-state index contributed by atoms with van der Waals surface area (Å²) in [5.74, 6) is 1.14. The molecule has 1 amide bonds. The van der Waals surface area contributed by atoms with E-state index in [1.165, 1.54) is 0 Å². The average molecular weight is 227 g/mol. The van der Waals surface area contributed by atoms with Crippen molar-refractivity contribution in [2.24, 2.45) is 0 Å². The number of carbonyl (C=O) groups excluding carboxylic acids is 1. The van der Waals surface area contributed by atoms with E-state index in [4.69, 9.17) is 18.0 Å². The van der Waals surface area contributed by atoms with E-state index < -0.39 is 17.8 Å². The van der Waals surface area contributed by atoms with Gasteiger partial charge in [-0.1, -0.05) is 17.5 Å². The maximum absolute atomic E-state index is 12.8. The lowest BCUT2D eigenvalue weighted by Gasteiger charge is -2.08. The second-order valence-electron chi connectivity index (χ2n) is 2.85. The van der Waals surface area contributed by atoms with Crippen LogP contribution in [0.3, 0.4) is 0 Å². The van der Waals surface area contributed by atoms with E-state index >= 15 is 0 Å². The largest absolute Gasteiger partial charge is 0.339 e. The number of pyridine rings is 1. The Morgan fingerprint density at radius 1 is 1.80 bits per heavy atom. The number of halogens is 2. The fourth-order valence-corrected chi connectivity index (χ4v) is 1.09. The fraction of sp³-hybridized carbons (Fsp3) is 0.200. The minimum atomic E-state index is -0.627. The van der Waals surface area contributed by atoms with Crippen molar-refractivity contribution in [3.05, 3.63) is 28.8 Å². The van der Waals surface area contributed by atoms with Crippen molar-refractivity contribution in [2.45, 2.75) is 13.0 Å². The minimum Gasteiger partial charge on any atom is -0.339 e. The molecule has 0 fully saturated rings. The van der Waals surface area contributed by atoms with Gasteiger partial charge in [0.2, 0.25) is 0 Å². The first-order chi connectivity index (χ1) is 7.04. The highest BCUT2D eigenvalue weighted by atomic mass is 35.5. The zero-order valence-electron chi connectivity index (χ0n) is 7.92. The molecule has 5 heteroatoms. The first kappa shape index (κ1) is 11.5. The zero-order valence-corrected chi connectivity index (χ0v) is 8.68. The van der Waals surface area contributed by atoms with Crippen molar-refractivity contribution >= 4 is 17.5 Å². The molecule has 0 bridgehead atoms. The number of aromatic nitrogens is 1. The maximum Gasteiger partial charge on any atom is 0.255 e. The standard InChI is InChI=1S/C10H8ClFN2O/c1-3-6(2)14-10(15)8-4-7(12)5-13-9(8)11/h1,4-6H,2H3,(H,14,15). The Kier molecular flexibility index (Phi) is 3.64. The molecule has 0 spiro atoms. The van der Waals surface area contributed by atoms with Crippen LogP contribution in [0.1, 0.15) is 17.3 Å². The Hall–Kier alpha value is -1.60. The third-order valence-electron chi connectivity index (χ3n) is 1.65. The quantitative estimate of drug-likeness (QED) is 0.615. The van der Waals surface area contributed by atoms with E-state index in [1.54, 1.807) is 6.92 Å². The first-order valence-electron chi connectivity index (χ1n) is 4.12. The molecule has 0 aliphatic rings. The SMILES string of the molecule is C#CC(C)NC(=O)c1cc(F)cnc1Cl. The van der Waals surface area contributed by atoms with Crippen molar-refractivity contribution in [3.63, 3.8) is 0 Å². The summed E-state index contributed by atoms with van der Waals surface area (Å²) >= 11 is 5.63. The lowest BCUT2D eigenvalue weighted by Crippen LogP contribution is -2.31. The summed E-state index contributed by atoms with van der Waals surface area (Å²) in [6, 6.07) is 0.560. The van der Waals surface area contributed by atoms with Crippen LogP contribution >= 0.6 is 11.6 Å². The van der Waals surface area contributed by atoms with E-state index in [2.05, 4.69) is 16.2 Å². The van der Waals surface area contributed by atoms with E-state index in [-0.39, 0.29) is 10.7 Å². The highest BCUT2D eigenvalue weighted by Crippen LogP contribution is 2.13. The van der Waals surface area contributed by atoms with Gasteiger partial charge in [-0.25, -0.2) is 9.37 Å². The van der Waals surface area contributed by atoms with Crippen LogP contribution in [-0.2, 0) is 0 Å². The third kappa shape index (κ3) is 2.93. The Morgan fingerprint density at radius 3 is 3.07 bits per heavy atom. The molecule has 0 radical (unpaired) electrons. The van der Waals surface area contributed by atoms with Gasteiger partial charge in [-0.3, -0.25) is 4.79 Å². The molecule has 0 aliphatic carbocycles. The molecule has 3 nitrogen and oxygen atoms in total. The van der Waals surface area contributed by atoms with Gasteiger partial charge in [0.15, 0.2) is 0 Å². The topological polar surface area (TPSA) is 42.0 Å². The predicted octanol–water partition coefficient (Wildman–Crippen LogP) is 1.63. The number of terminal acetylenes is 1. The van der Waals surface area contributed by atoms with Gasteiger partial charge in [-0.2, -0.15) is 0 Å². The molecule has 15 heavy (non-hydrogen) atoms. The second kappa shape index (κ2) is 4.76. The Morgan fingerprint density at radius 2 is 2.47 bits per heavy atom. The summed E-state index contributed by atoms with van der Waals surface area (Å²) in [5.41, 5.74) is -0.0289. The molecule has 0 aromatic carbocycles. The Balaban J connectivity index is 2.92. The molecule has 1 atom stereocenters. The minimum absolute atomic E-state index is 0.0289. The normalized spacial score (nSPS) is 11.6. The van der Waals surface area contributed by atoms with Gasteiger partial charge in [-0.05, 0) is 13.0 Å². The number of rotatable bonds is 2. The van der Waals surface area contributed by atoms with E-state index in [0.717, 1.165) is 12.3 Å². The molecule has 1 heterocycles. The monoisotopic (exact) mass is 226 g/mol. The number of nitrogens with one attached hydrogen (secondary N) is 1. The van der Waals surface area contributed by atoms with Crippen LogP contribution in [-0.4, -0.2) is 16.9 Å². The van der Waals surface area contributed by atoms with E-state index in [0.29, 0.717) is 0 Å². The average Bonchev–Trinajstić information content (AvgIpc) is 2.21. The highest BCUT2D eigenvalue weighted by Gasteiger charge is 2.13. The molecule has 78 valence electrons. The van der Waals surface area contributed by atoms with Crippen LogP contribution in [0.2, 0.25) is 5.15 Å². The highest BCUT2D eigenvalue weighted by molar-refractivity contribution is 6.32. The molecule has 0 aliphatic heterocycles. The number of carbonyl (C=O) groups is 1. The molecular weight excluding hydrogens is 219 g/mol. The fourth-order valence-electron chi connectivity index (χ4n) is 0.898. The number of amides is 1. The molecule has 1 aromatic rings. The van der Waals surface area contributed by atoms with Crippen LogP contribution in [0, 0.1) is 18.2 Å². The van der Waals surface area contributed by atoms with Crippen LogP contribution in [0.15, 0.2) is 12.3 Å². The van der Waals surface area contributed by atoms with Gasteiger partial charge in [0.05, 0.1) is 17.8 Å². The maximum atomic E-state index is 12.8. The molecule has 1 N–H and O–H groups in total. The van der Waals surface area contributed by atoms with Crippen LogP contribution in [0.5, 0.6) is 0 Å². The summed E-state index contributed by atoms with van der Waals surface area (Å²) in [4.78, 5) is 15.0. The van der Waals surface area contributed by atoms with Gasteiger partial charge in [0, 0.05) is 0 Å². The summed E-state index contributed by atoms with van der Waals surface area (Å²) in [6.45, 7) is 1.62. The Bertz CT molecular complexity index is 428. The van der Waals surface area contributed by atoms with Crippen LogP contribution in [0.4, 0.5) is 4.39 Å². The third-order valence-corrected chi connectivity index (χ3v) is 1.95.